The Labute approximate surface area is 63.7 Å². The topological polar surface area (TPSA) is 50.9 Å². The zero-order valence-corrected chi connectivity index (χ0v) is 5.81. The van der Waals surface area contributed by atoms with E-state index in [-0.39, 0.29) is 6.17 Å². The van der Waals surface area contributed by atoms with Crippen molar-refractivity contribution in [3.05, 3.63) is 35.9 Å². The van der Waals surface area contributed by atoms with Gasteiger partial charge in [-0.2, -0.15) is 0 Å². The third-order valence-corrected chi connectivity index (χ3v) is 1.51. The normalized spacial score (nSPS) is 20.2. The van der Waals surface area contributed by atoms with Gasteiger partial charge in [0.05, 0.1) is 10.0 Å². The smallest absolute Gasteiger partial charge is 0.133 e. The maximum absolute atomic E-state index is 3.85. The van der Waals surface area contributed by atoms with E-state index >= 15 is 0 Å². The van der Waals surface area contributed by atoms with Crippen LogP contribution in [-0.4, -0.2) is 0 Å². The van der Waals surface area contributed by atoms with Gasteiger partial charge in [-0.1, -0.05) is 30.3 Å². The summed E-state index contributed by atoms with van der Waals surface area (Å²) in [7, 11) is 0. The number of nitrogens with one attached hydrogen (secondary N) is 1. The van der Waals surface area contributed by atoms with E-state index in [0.717, 1.165) is 5.56 Å². The van der Waals surface area contributed by atoms with E-state index in [2.05, 4.69) is 20.7 Å². The summed E-state index contributed by atoms with van der Waals surface area (Å²) in [4.78, 5) is 3.48. The van der Waals surface area contributed by atoms with Crippen LogP contribution in [0.2, 0.25) is 0 Å². The lowest BCUT2D eigenvalue weighted by atomic mass is 10.2. The van der Waals surface area contributed by atoms with E-state index in [9.17, 15) is 0 Å². The van der Waals surface area contributed by atoms with Crippen molar-refractivity contribution in [2.24, 2.45) is 10.3 Å². The summed E-state index contributed by atoms with van der Waals surface area (Å²) in [6.07, 6.45) is -0.0869. The average Bonchev–Trinajstić information content (AvgIpc) is 2.58. The van der Waals surface area contributed by atoms with Crippen LogP contribution >= 0.6 is 0 Å². The number of hydrogen-bond donors (Lipinski definition) is 1. The van der Waals surface area contributed by atoms with Crippen LogP contribution in [0.25, 0.3) is 0 Å². The van der Waals surface area contributed by atoms with Crippen LogP contribution in [0, 0.1) is 0 Å². The predicted octanol–water partition coefficient (Wildman–Crippen LogP) is 1.17. The van der Waals surface area contributed by atoms with Gasteiger partial charge >= 0.3 is 0 Å². The molecular weight excluding hydrogens is 140 g/mol. The Bertz CT molecular complexity index is 299. The molecule has 0 spiro atoms. The SMILES string of the molecule is c1ccc(C2N=[N+]=NN2)cc1. The molecule has 0 amide bonds. The van der Waals surface area contributed by atoms with Crippen LogP contribution < -0.4 is 10.3 Å². The van der Waals surface area contributed by atoms with Gasteiger partial charge in [0.2, 0.25) is 5.22 Å². The fourth-order valence-electron chi connectivity index (χ4n) is 0.960. The Morgan fingerprint density at radius 2 is 2.09 bits per heavy atom. The Hall–Kier alpha value is -1.67. The standard InChI is InChI=1S/C7H6N4/c1-2-4-6(5-3-1)7-8-10-11-9-7/h1-5,7H/p+1. The molecule has 1 unspecified atom stereocenters. The summed E-state index contributed by atoms with van der Waals surface area (Å²) in [5.41, 5.74) is 3.85. The number of hydrogen-bond acceptors (Lipinski definition) is 3. The predicted molar refractivity (Wildman–Crippen MR) is 39.3 cm³/mol. The molecule has 4 nitrogen and oxygen atoms in total. The maximum atomic E-state index is 3.85. The van der Waals surface area contributed by atoms with Crippen molar-refractivity contribution in [1.82, 2.24) is 10.3 Å². The summed E-state index contributed by atoms with van der Waals surface area (Å²) in [6, 6.07) is 9.86. The molecule has 0 saturated heterocycles. The van der Waals surface area contributed by atoms with Crippen molar-refractivity contribution in [2.45, 2.75) is 6.17 Å². The van der Waals surface area contributed by atoms with Crippen LogP contribution in [0.1, 0.15) is 11.7 Å². The first-order valence-electron chi connectivity index (χ1n) is 3.37. The first kappa shape index (κ1) is 6.07. The Morgan fingerprint density at radius 1 is 1.27 bits per heavy atom. The minimum atomic E-state index is -0.0869. The summed E-state index contributed by atoms with van der Waals surface area (Å²) >= 11 is 0. The molecule has 2 rings (SSSR count). The van der Waals surface area contributed by atoms with E-state index in [1.807, 2.05) is 30.3 Å². The average molecular weight is 147 g/mol. The summed E-state index contributed by atoms with van der Waals surface area (Å²) in [6.45, 7) is 0. The van der Waals surface area contributed by atoms with Gasteiger partial charge in [0.15, 0.2) is 0 Å². The lowest BCUT2D eigenvalue weighted by Gasteiger charge is -1.96. The molecule has 1 aliphatic heterocycles. The molecule has 1 aliphatic rings. The van der Waals surface area contributed by atoms with Gasteiger partial charge in [0, 0.05) is 5.56 Å². The Morgan fingerprint density at radius 3 is 2.73 bits per heavy atom. The first-order valence-corrected chi connectivity index (χ1v) is 3.37. The van der Waals surface area contributed by atoms with Gasteiger partial charge in [-0.15, -0.1) is 5.43 Å². The highest BCUT2D eigenvalue weighted by Crippen LogP contribution is 2.13. The molecule has 11 heavy (non-hydrogen) atoms. The second kappa shape index (κ2) is 2.52. The summed E-state index contributed by atoms with van der Waals surface area (Å²) < 4.78 is 0. The van der Waals surface area contributed by atoms with E-state index in [4.69, 9.17) is 0 Å². The monoisotopic (exact) mass is 147 g/mol. The van der Waals surface area contributed by atoms with Crippen LogP contribution in [0.5, 0.6) is 0 Å². The Kier molecular flexibility index (Phi) is 1.39. The third kappa shape index (κ3) is 1.11. The van der Waals surface area contributed by atoms with E-state index in [1.54, 1.807) is 0 Å². The third-order valence-electron chi connectivity index (χ3n) is 1.51. The summed E-state index contributed by atoms with van der Waals surface area (Å²) in [5, 5.41) is 7.40. The fourth-order valence-corrected chi connectivity index (χ4v) is 0.960. The number of rotatable bonds is 1. The molecule has 1 N–H and O–H groups in total. The van der Waals surface area contributed by atoms with Crippen molar-refractivity contribution in [3.8, 4) is 0 Å². The van der Waals surface area contributed by atoms with Gasteiger partial charge in [-0.05, 0) is 0 Å². The van der Waals surface area contributed by atoms with Gasteiger partial charge < -0.3 is 0 Å². The highest BCUT2D eigenvalue weighted by atomic mass is 15.6. The highest BCUT2D eigenvalue weighted by molar-refractivity contribution is 5.18. The van der Waals surface area contributed by atoms with E-state index in [1.165, 1.54) is 0 Å². The molecule has 4 heteroatoms. The molecule has 1 atom stereocenters. The zero-order chi connectivity index (χ0) is 7.52. The molecule has 0 bridgehead atoms. The molecule has 0 radical (unpaired) electrons. The molecule has 0 aromatic heterocycles. The van der Waals surface area contributed by atoms with E-state index < -0.39 is 0 Å². The Balaban J connectivity index is 2.25. The van der Waals surface area contributed by atoms with Crippen molar-refractivity contribution in [1.29, 1.82) is 0 Å². The van der Waals surface area contributed by atoms with Crippen LogP contribution in [0.3, 0.4) is 0 Å². The van der Waals surface area contributed by atoms with Crippen LogP contribution in [0.4, 0.5) is 0 Å². The largest absolute Gasteiger partial charge is 0.288 e. The number of nitrogens with zero attached hydrogens (tertiary/aromatic N) is 3. The van der Waals surface area contributed by atoms with Gasteiger partial charge in [0.25, 0.3) is 6.17 Å². The van der Waals surface area contributed by atoms with Gasteiger partial charge in [-0.25, -0.2) is 0 Å². The fraction of sp³-hybridized carbons (Fsp3) is 0.143. The lowest BCUT2D eigenvalue weighted by Crippen LogP contribution is -2.08. The molecule has 1 aromatic carbocycles. The quantitative estimate of drug-likeness (QED) is 0.595. The molecule has 54 valence electrons. The van der Waals surface area contributed by atoms with E-state index in [0.29, 0.717) is 0 Å². The molecule has 0 aliphatic carbocycles. The molecule has 0 fully saturated rings. The second-order valence-corrected chi connectivity index (χ2v) is 2.25. The zero-order valence-electron chi connectivity index (χ0n) is 5.81. The van der Waals surface area contributed by atoms with Crippen molar-refractivity contribution in [2.75, 3.05) is 0 Å². The van der Waals surface area contributed by atoms with Crippen molar-refractivity contribution >= 4 is 0 Å². The molecule has 0 saturated carbocycles. The van der Waals surface area contributed by atoms with Gasteiger partial charge in [-0.3, -0.25) is 0 Å². The lowest BCUT2D eigenvalue weighted by molar-refractivity contribution is 0.614. The van der Waals surface area contributed by atoms with Crippen molar-refractivity contribution in [3.63, 3.8) is 0 Å². The second-order valence-electron chi connectivity index (χ2n) is 2.25. The van der Waals surface area contributed by atoms with Gasteiger partial charge in [0.1, 0.15) is 0 Å². The molecule has 1 aromatic rings. The minimum Gasteiger partial charge on any atom is -0.133 e. The van der Waals surface area contributed by atoms with Crippen LogP contribution in [0.15, 0.2) is 40.7 Å². The molecule has 1 heterocycles. The minimum absolute atomic E-state index is 0.0869. The van der Waals surface area contributed by atoms with Crippen molar-refractivity contribution < 1.29 is 0 Å². The highest BCUT2D eigenvalue weighted by Gasteiger charge is 2.19. The maximum Gasteiger partial charge on any atom is 0.288 e. The van der Waals surface area contributed by atoms with Crippen LogP contribution in [-0.2, 0) is 0 Å². The first-order chi connectivity index (χ1) is 5.47. The molecular formula is C7H7N4+. The summed E-state index contributed by atoms with van der Waals surface area (Å²) in [5.74, 6) is 0. The number of benzene rings is 1.